The second-order valence-corrected chi connectivity index (χ2v) is 6.11. The molecule has 0 spiro atoms. The number of aryl methyl sites for hydroxylation is 2. The monoisotopic (exact) mass is 319 g/mol. The Bertz CT molecular complexity index is 636. The van der Waals surface area contributed by atoms with Gasteiger partial charge in [0, 0.05) is 37.8 Å². The van der Waals surface area contributed by atoms with Crippen molar-refractivity contribution in [3.05, 3.63) is 29.2 Å². The van der Waals surface area contributed by atoms with Gasteiger partial charge in [0.2, 0.25) is 5.89 Å². The maximum Gasteiger partial charge on any atom is 0.223 e. The summed E-state index contributed by atoms with van der Waals surface area (Å²) in [6.07, 6.45) is 4.45. The van der Waals surface area contributed by atoms with E-state index >= 15 is 0 Å². The first-order valence-electron chi connectivity index (χ1n) is 8.30. The summed E-state index contributed by atoms with van der Waals surface area (Å²) in [5.41, 5.74) is 2.57. The average Bonchev–Trinajstić information content (AvgIpc) is 3.12. The smallest absolute Gasteiger partial charge is 0.223 e. The SMILES string of the molecule is CCn1ncc(CN2CCC[C@H](OCc3noc(C)n3)C2)c1C. The third-order valence-corrected chi connectivity index (χ3v) is 4.38. The van der Waals surface area contributed by atoms with E-state index in [1.54, 1.807) is 6.92 Å². The molecule has 7 heteroatoms. The van der Waals surface area contributed by atoms with Gasteiger partial charge in [0.25, 0.3) is 0 Å². The number of nitrogens with zero attached hydrogens (tertiary/aromatic N) is 5. The lowest BCUT2D eigenvalue weighted by Gasteiger charge is -2.32. The molecule has 23 heavy (non-hydrogen) atoms. The summed E-state index contributed by atoms with van der Waals surface area (Å²) in [5, 5.41) is 8.30. The van der Waals surface area contributed by atoms with Gasteiger partial charge >= 0.3 is 0 Å². The molecule has 2 aromatic heterocycles. The molecule has 0 bridgehead atoms. The van der Waals surface area contributed by atoms with Crippen molar-refractivity contribution < 1.29 is 9.26 Å². The lowest BCUT2D eigenvalue weighted by atomic mass is 10.1. The molecular weight excluding hydrogens is 294 g/mol. The van der Waals surface area contributed by atoms with Gasteiger partial charge in [0.1, 0.15) is 6.61 Å². The van der Waals surface area contributed by atoms with E-state index in [4.69, 9.17) is 9.26 Å². The van der Waals surface area contributed by atoms with E-state index in [1.807, 2.05) is 10.9 Å². The zero-order valence-corrected chi connectivity index (χ0v) is 14.2. The fourth-order valence-corrected chi connectivity index (χ4v) is 3.09. The Morgan fingerprint density at radius 2 is 2.26 bits per heavy atom. The summed E-state index contributed by atoms with van der Waals surface area (Å²) in [5.74, 6) is 1.21. The van der Waals surface area contributed by atoms with Crippen LogP contribution < -0.4 is 0 Å². The van der Waals surface area contributed by atoms with Crippen molar-refractivity contribution in [1.82, 2.24) is 24.8 Å². The fraction of sp³-hybridized carbons (Fsp3) is 0.688. The minimum Gasteiger partial charge on any atom is -0.369 e. The number of likely N-dealkylation sites (tertiary alicyclic amines) is 1. The van der Waals surface area contributed by atoms with Crippen LogP contribution in [0.1, 0.15) is 42.7 Å². The Morgan fingerprint density at radius 1 is 1.39 bits per heavy atom. The first kappa shape index (κ1) is 16.1. The van der Waals surface area contributed by atoms with E-state index in [0.717, 1.165) is 39.0 Å². The lowest BCUT2D eigenvalue weighted by Crippen LogP contribution is -2.39. The second-order valence-electron chi connectivity index (χ2n) is 6.11. The Hall–Kier alpha value is -1.73. The van der Waals surface area contributed by atoms with Crippen LogP contribution in [0.2, 0.25) is 0 Å². The highest BCUT2D eigenvalue weighted by Gasteiger charge is 2.22. The minimum absolute atomic E-state index is 0.226. The molecule has 0 aromatic carbocycles. The molecule has 1 aliphatic heterocycles. The molecule has 1 atom stereocenters. The maximum absolute atomic E-state index is 5.96. The Kier molecular flexibility index (Phi) is 5.07. The molecule has 1 saturated heterocycles. The van der Waals surface area contributed by atoms with Gasteiger partial charge in [0.15, 0.2) is 5.82 Å². The van der Waals surface area contributed by atoms with Crippen molar-refractivity contribution in [2.75, 3.05) is 13.1 Å². The molecule has 0 amide bonds. The quantitative estimate of drug-likeness (QED) is 0.812. The average molecular weight is 319 g/mol. The number of hydrogen-bond donors (Lipinski definition) is 0. The third kappa shape index (κ3) is 3.97. The molecule has 0 unspecified atom stereocenters. The molecule has 1 fully saturated rings. The first-order valence-corrected chi connectivity index (χ1v) is 8.30. The van der Waals surface area contributed by atoms with Crippen molar-refractivity contribution in [1.29, 1.82) is 0 Å². The van der Waals surface area contributed by atoms with Gasteiger partial charge in [-0.05, 0) is 33.2 Å². The van der Waals surface area contributed by atoms with E-state index in [-0.39, 0.29) is 6.10 Å². The highest BCUT2D eigenvalue weighted by atomic mass is 16.5. The van der Waals surface area contributed by atoms with Crippen molar-refractivity contribution in [2.24, 2.45) is 0 Å². The summed E-state index contributed by atoms with van der Waals surface area (Å²) in [7, 11) is 0. The van der Waals surface area contributed by atoms with Gasteiger partial charge in [-0.1, -0.05) is 5.16 Å². The summed E-state index contributed by atoms with van der Waals surface area (Å²) < 4.78 is 13.0. The highest BCUT2D eigenvalue weighted by molar-refractivity contribution is 5.16. The summed E-state index contributed by atoms with van der Waals surface area (Å²) >= 11 is 0. The van der Waals surface area contributed by atoms with Crippen LogP contribution in [0.15, 0.2) is 10.7 Å². The molecule has 0 radical (unpaired) electrons. The number of hydrogen-bond acceptors (Lipinski definition) is 6. The third-order valence-electron chi connectivity index (χ3n) is 4.38. The van der Waals surface area contributed by atoms with E-state index in [1.165, 1.54) is 11.3 Å². The van der Waals surface area contributed by atoms with Crippen LogP contribution in [0.25, 0.3) is 0 Å². The van der Waals surface area contributed by atoms with Crippen molar-refractivity contribution in [2.45, 2.75) is 59.4 Å². The normalized spacial score (nSPS) is 19.3. The van der Waals surface area contributed by atoms with Crippen LogP contribution in [-0.2, 0) is 24.4 Å². The van der Waals surface area contributed by atoms with Gasteiger partial charge in [-0.2, -0.15) is 10.1 Å². The van der Waals surface area contributed by atoms with Gasteiger partial charge in [0.05, 0.1) is 12.3 Å². The van der Waals surface area contributed by atoms with Crippen molar-refractivity contribution in [3.63, 3.8) is 0 Å². The second kappa shape index (κ2) is 7.23. The van der Waals surface area contributed by atoms with Crippen molar-refractivity contribution in [3.8, 4) is 0 Å². The maximum atomic E-state index is 5.96. The zero-order chi connectivity index (χ0) is 16.2. The molecule has 3 heterocycles. The summed E-state index contributed by atoms with van der Waals surface area (Å²) in [4.78, 5) is 6.62. The minimum atomic E-state index is 0.226. The fourth-order valence-electron chi connectivity index (χ4n) is 3.09. The van der Waals surface area contributed by atoms with Crippen LogP contribution in [0.4, 0.5) is 0 Å². The Balaban J connectivity index is 1.52. The predicted octanol–water partition coefficient (Wildman–Crippen LogP) is 2.08. The van der Waals surface area contributed by atoms with Gasteiger partial charge in [-0.25, -0.2) is 0 Å². The standard InChI is InChI=1S/C16H25N5O2/c1-4-21-12(2)14(8-17-21)9-20-7-5-6-15(10-20)22-11-16-18-13(3)23-19-16/h8,15H,4-7,9-11H2,1-3H3/t15-/m0/s1. The Labute approximate surface area is 136 Å². The molecule has 1 aliphatic rings. The summed E-state index contributed by atoms with van der Waals surface area (Å²) in [6.45, 7) is 10.4. The molecule has 0 aliphatic carbocycles. The van der Waals surface area contributed by atoms with Crippen LogP contribution in [0, 0.1) is 13.8 Å². The Morgan fingerprint density at radius 3 is 2.96 bits per heavy atom. The van der Waals surface area contributed by atoms with E-state index in [2.05, 4.69) is 34.0 Å². The number of ether oxygens (including phenoxy) is 1. The van der Waals surface area contributed by atoms with Crippen LogP contribution in [-0.4, -0.2) is 44.0 Å². The molecule has 2 aromatic rings. The van der Waals surface area contributed by atoms with Gasteiger partial charge < -0.3 is 9.26 Å². The van der Waals surface area contributed by atoms with Crippen LogP contribution in [0.5, 0.6) is 0 Å². The van der Waals surface area contributed by atoms with Gasteiger partial charge in [-0.15, -0.1) is 0 Å². The number of rotatable bonds is 6. The molecule has 0 N–H and O–H groups in total. The zero-order valence-electron chi connectivity index (χ0n) is 14.2. The largest absolute Gasteiger partial charge is 0.369 e. The van der Waals surface area contributed by atoms with Gasteiger partial charge in [-0.3, -0.25) is 9.58 Å². The predicted molar refractivity (Wildman–Crippen MR) is 84.8 cm³/mol. The van der Waals surface area contributed by atoms with Crippen molar-refractivity contribution >= 4 is 0 Å². The number of piperidine rings is 1. The molecule has 3 rings (SSSR count). The highest BCUT2D eigenvalue weighted by Crippen LogP contribution is 2.18. The van der Waals surface area contributed by atoms with E-state index in [0.29, 0.717) is 18.3 Å². The number of aromatic nitrogens is 4. The van der Waals surface area contributed by atoms with E-state index < -0.39 is 0 Å². The lowest BCUT2D eigenvalue weighted by molar-refractivity contribution is -0.0151. The summed E-state index contributed by atoms with van der Waals surface area (Å²) in [6, 6.07) is 0. The molecule has 126 valence electrons. The molecule has 0 saturated carbocycles. The molecule has 7 nitrogen and oxygen atoms in total. The van der Waals surface area contributed by atoms with Crippen LogP contribution >= 0.6 is 0 Å². The topological polar surface area (TPSA) is 69.2 Å². The molecular formula is C16H25N5O2. The van der Waals surface area contributed by atoms with Crippen LogP contribution in [0.3, 0.4) is 0 Å². The first-order chi connectivity index (χ1) is 11.2. The van der Waals surface area contributed by atoms with E-state index in [9.17, 15) is 0 Å².